The number of nitrogens with one attached hydrogen (secondary N) is 1. The molecule has 1 fully saturated rings. The second-order valence-electron chi connectivity index (χ2n) is 6.26. The summed E-state index contributed by atoms with van der Waals surface area (Å²) in [6, 6.07) is 7.76. The summed E-state index contributed by atoms with van der Waals surface area (Å²) in [5.41, 5.74) is 2.02. The Bertz CT molecular complexity index is 640. The Morgan fingerprint density at radius 1 is 1.17 bits per heavy atom. The van der Waals surface area contributed by atoms with Gasteiger partial charge in [0.15, 0.2) is 0 Å². The Labute approximate surface area is 135 Å². The number of benzene rings is 1. The van der Waals surface area contributed by atoms with Gasteiger partial charge in [0.05, 0.1) is 18.4 Å². The van der Waals surface area contributed by atoms with Crippen LogP contribution in [0.25, 0.3) is 0 Å². The molecule has 122 valence electrons. The topological polar surface area (TPSA) is 75.6 Å². The molecule has 2 N–H and O–H groups in total. The first kappa shape index (κ1) is 15.7. The van der Waals surface area contributed by atoms with E-state index in [1.54, 1.807) is 7.11 Å². The number of methoxy groups -OCH3 is 1. The van der Waals surface area contributed by atoms with Gasteiger partial charge in [0, 0.05) is 13.7 Å². The van der Waals surface area contributed by atoms with Crippen LogP contribution in [0.3, 0.4) is 0 Å². The van der Waals surface area contributed by atoms with Crippen LogP contribution in [0.15, 0.2) is 36.4 Å². The third-order valence-corrected chi connectivity index (χ3v) is 4.92. The fraction of sp³-hybridized carbons (Fsp3) is 0.444. The third-order valence-electron chi connectivity index (χ3n) is 4.92. The first-order valence-corrected chi connectivity index (χ1v) is 7.86. The van der Waals surface area contributed by atoms with Crippen LogP contribution >= 0.6 is 0 Å². The molecule has 1 saturated carbocycles. The van der Waals surface area contributed by atoms with Crippen LogP contribution in [0, 0.1) is 23.7 Å². The number of rotatable bonds is 6. The van der Waals surface area contributed by atoms with Crippen LogP contribution in [0.1, 0.15) is 17.5 Å². The van der Waals surface area contributed by atoms with Gasteiger partial charge in [-0.25, -0.2) is 0 Å². The highest BCUT2D eigenvalue weighted by molar-refractivity contribution is 5.86. The average Bonchev–Trinajstić information content (AvgIpc) is 3.15. The van der Waals surface area contributed by atoms with Crippen molar-refractivity contribution in [2.45, 2.75) is 19.6 Å². The number of carbonyl (C=O) groups excluding carboxylic acids is 1. The number of fused-ring (bicyclic) bond motifs is 2. The zero-order valence-electron chi connectivity index (χ0n) is 13.1. The minimum absolute atomic E-state index is 0.00553. The number of hydrogen-bond acceptors (Lipinski definition) is 3. The summed E-state index contributed by atoms with van der Waals surface area (Å²) in [4.78, 5) is 24.0. The van der Waals surface area contributed by atoms with Crippen LogP contribution < -0.4 is 5.32 Å². The molecule has 3 rings (SSSR count). The predicted molar refractivity (Wildman–Crippen MR) is 84.4 cm³/mol. The van der Waals surface area contributed by atoms with Gasteiger partial charge in [-0.05, 0) is 29.4 Å². The molecule has 0 radical (unpaired) electrons. The van der Waals surface area contributed by atoms with E-state index in [-0.39, 0.29) is 17.7 Å². The van der Waals surface area contributed by atoms with E-state index in [1.165, 1.54) is 0 Å². The summed E-state index contributed by atoms with van der Waals surface area (Å²) in [6.07, 6.45) is 4.71. The molecule has 0 saturated heterocycles. The molecule has 4 unspecified atom stereocenters. The molecule has 2 aliphatic carbocycles. The quantitative estimate of drug-likeness (QED) is 0.787. The number of hydrogen-bond donors (Lipinski definition) is 2. The average molecular weight is 315 g/mol. The van der Waals surface area contributed by atoms with Crippen molar-refractivity contribution in [3.05, 3.63) is 47.5 Å². The van der Waals surface area contributed by atoms with Crippen molar-refractivity contribution in [3.63, 3.8) is 0 Å². The lowest BCUT2D eigenvalue weighted by molar-refractivity contribution is -0.147. The lowest BCUT2D eigenvalue weighted by Gasteiger charge is -2.24. The zero-order chi connectivity index (χ0) is 16.4. The summed E-state index contributed by atoms with van der Waals surface area (Å²) < 4.78 is 5.16. The molecule has 0 spiro atoms. The minimum Gasteiger partial charge on any atom is -0.481 e. The van der Waals surface area contributed by atoms with Gasteiger partial charge in [-0.1, -0.05) is 36.4 Å². The van der Waals surface area contributed by atoms with Gasteiger partial charge in [0.1, 0.15) is 0 Å². The Kier molecular flexibility index (Phi) is 4.48. The highest BCUT2D eigenvalue weighted by Crippen LogP contribution is 2.48. The molecule has 5 heteroatoms. The van der Waals surface area contributed by atoms with Crippen LogP contribution in [0.5, 0.6) is 0 Å². The highest BCUT2D eigenvalue weighted by Gasteiger charge is 2.51. The van der Waals surface area contributed by atoms with Crippen LogP contribution in [-0.2, 0) is 27.5 Å². The Balaban J connectivity index is 1.68. The van der Waals surface area contributed by atoms with Crippen molar-refractivity contribution in [2.75, 3.05) is 7.11 Å². The number of carboxylic acid groups (broad SMARTS) is 1. The first-order valence-electron chi connectivity index (χ1n) is 7.86. The molecule has 0 aromatic heterocycles. The second kappa shape index (κ2) is 6.54. The molecule has 2 aliphatic rings. The van der Waals surface area contributed by atoms with Gasteiger partial charge in [0.2, 0.25) is 5.91 Å². The zero-order valence-corrected chi connectivity index (χ0v) is 13.1. The van der Waals surface area contributed by atoms with E-state index in [2.05, 4.69) is 5.32 Å². The molecule has 5 nitrogen and oxygen atoms in total. The van der Waals surface area contributed by atoms with Crippen molar-refractivity contribution >= 4 is 11.9 Å². The molecule has 1 aromatic rings. The van der Waals surface area contributed by atoms with E-state index in [4.69, 9.17) is 4.74 Å². The van der Waals surface area contributed by atoms with Gasteiger partial charge in [-0.15, -0.1) is 0 Å². The van der Waals surface area contributed by atoms with Crippen molar-refractivity contribution < 1.29 is 19.4 Å². The maximum Gasteiger partial charge on any atom is 0.307 e. The van der Waals surface area contributed by atoms with E-state index < -0.39 is 17.8 Å². The molecular formula is C18H21NO4. The van der Waals surface area contributed by atoms with E-state index in [9.17, 15) is 14.7 Å². The molecule has 23 heavy (non-hydrogen) atoms. The van der Waals surface area contributed by atoms with Gasteiger partial charge in [0.25, 0.3) is 0 Å². The highest BCUT2D eigenvalue weighted by atomic mass is 16.5. The molecule has 0 aliphatic heterocycles. The number of carboxylic acids is 1. The maximum atomic E-state index is 12.6. The SMILES string of the molecule is COCc1ccccc1CNC(=O)C1C2C=CC(C2)C1C(=O)O. The van der Waals surface area contributed by atoms with Gasteiger partial charge in [-0.2, -0.15) is 0 Å². The normalized spacial score (nSPS) is 28.0. The largest absolute Gasteiger partial charge is 0.481 e. The first-order chi connectivity index (χ1) is 11.1. The fourth-order valence-electron chi connectivity index (χ4n) is 3.84. The Morgan fingerprint density at radius 3 is 2.48 bits per heavy atom. The van der Waals surface area contributed by atoms with E-state index in [0.29, 0.717) is 13.2 Å². The number of ether oxygens (including phenoxy) is 1. The summed E-state index contributed by atoms with van der Waals surface area (Å²) in [7, 11) is 1.63. The van der Waals surface area contributed by atoms with Crippen LogP contribution in [0.2, 0.25) is 0 Å². The van der Waals surface area contributed by atoms with Gasteiger partial charge >= 0.3 is 5.97 Å². The molecule has 1 amide bonds. The summed E-state index contributed by atoms with van der Waals surface area (Å²) >= 11 is 0. The lowest BCUT2D eigenvalue weighted by atomic mass is 9.82. The second-order valence-corrected chi connectivity index (χ2v) is 6.26. The van der Waals surface area contributed by atoms with Crippen LogP contribution in [-0.4, -0.2) is 24.1 Å². The smallest absolute Gasteiger partial charge is 0.307 e. The molecule has 2 bridgehead atoms. The fourth-order valence-corrected chi connectivity index (χ4v) is 3.84. The Morgan fingerprint density at radius 2 is 1.83 bits per heavy atom. The molecule has 4 atom stereocenters. The maximum absolute atomic E-state index is 12.6. The van der Waals surface area contributed by atoms with Crippen molar-refractivity contribution in [1.82, 2.24) is 5.32 Å². The predicted octanol–water partition coefficient (Wildman–Crippen LogP) is 1.97. The van der Waals surface area contributed by atoms with Crippen LogP contribution in [0.4, 0.5) is 0 Å². The van der Waals surface area contributed by atoms with E-state index in [0.717, 1.165) is 17.5 Å². The monoisotopic (exact) mass is 315 g/mol. The number of carbonyl (C=O) groups is 2. The number of amides is 1. The summed E-state index contributed by atoms with van der Waals surface area (Å²) in [6.45, 7) is 0.878. The number of aliphatic carboxylic acids is 1. The summed E-state index contributed by atoms with van der Waals surface area (Å²) in [5.74, 6) is -2.05. The molecule has 1 aromatic carbocycles. The minimum atomic E-state index is -0.873. The van der Waals surface area contributed by atoms with Crippen molar-refractivity contribution in [1.29, 1.82) is 0 Å². The van der Waals surface area contributed by atoms with Crippen molar-refractivity contribution in [2.24, 2.45) is 23.7 Å². The lowest BCUT2D eigenvalue weighted by Crippen LogP contribution is -2.40. The molecule has 0 heterocycles. The Hall–Kier alpha value is -2.14. The third kappa shape index (κ3) is 3.01. The van der Waals surface area contributed by atoms with Crippen molar-refractivity contribution in [3.8, 4) is 0 Å². The van der Waals surface area contributed by atoms with Gasteiger partial charge in [-0.3, -0.25) is 9.59 Å². The van der Waals surface area contributed by atoms with E-state index in [1.807, 2.05) is 36.4 Å². The molecular weight excluding hydrogens is 294 g/mol. The standard InChI is InChI=1S/C18H21NO4/c1-23-10-14-5-3-2-4-13(14)9-19-17(20)15-11-6-7-12(8-11)16(15)18(21)22/h2-7,11-12,15-16H,8-10H2,1H3,(H,19,20)(H,21,22). The summed E-state index contributed by atoms with van der Waals surface area (Å²) in [5, 5.41) is 12.3. The number of allylic oxidation sites excluding steroid dienone is 2. The van der Waals surface area contributed by atoms with Gasteiger partial charge < -0.3 is 15.2 Å². The van der Waals surface area contributed by atoms with E-state index >= 15 is 0 Å².